The van der Waals surface area contributed by atoms with E-state index in [0.717, 1.165) is 12.1 Å². The number of ether oxygens (including phenoxy) is 2. The van der Waals surface area contributed by atoms with Crippen LogP contribution >= 0.6 is 0 Å². The van der Waals surface area contributed by atoms with Crippen LogP contribution in [0.5, 0.6) is 51.7 Å². The van der Waals surface area contributed by atoms with Gasteiger partial charge in [-0.05, 0) is 35.4 Å². The van der Waals surface area contributed by atoms with Gasteiger partial charge >= 0.3 is 0 Å². The molecule has 5 atom stereocenters. The first kappa shape index (κ1) is 28.1. The molecule has 0 saturated heterocycles. The van der Waals surface area contributed by atoms with Gasteiger partial charge in [0.2, 0.25) is 0 Å². The van der Waals surface area contributed by atoms with Crippen molar-refractivity contribution in [3.05, 3.63) is 88.0 Å². The zero-order valence-corrected chi connectivity index (χ0v) is 22.8. The number of hydrogen-bond acceptors (Lipinski definition) is 11. The fourth-order valence-electron chi connectivity index (χ4n) is 6.03. The Bertz CT molecular complexity index is 1720. The monoisotopic (exact) mass is 590 g/mol. The number of aliphatic hydroxyl groups excluding tert-OH is 2. The highest BCUT2D eigenvalue weighted by molar-refractivity contribution is 5.66. The normalized spacial score (nSPS) is 21.7. The van der Waals surface area contributed by atoms with E-state index < -0.39 is 36.1 Å². The third kappa shape index (κ3) is 4.72. The lowest BCUT2D eigenvalue weighted by Gasteiger charge is -2.36. The summed E-state index contributed by atoms with van der Waals surface area (Å²) in [6.45, 7) is 1.65. The van der Waals surface area contributed by atoms with Crippen molar-refractivity contribution in [1.82, 2.24) is 0 Å². The van der Waals surface area contributed by atoms with Crippen LogP contribution in [0.1, 0.15) is 58.4 Å². The summed E-state index contributed by atoms with van der Waals surface area (Å²) in [5.74, 6) is -2.86. The van der Waals surface area contributed by atoms with Crippen molar-refractivity contribution < 1.29 is 55.4 Å². The minimum absolute atomic E-state index is 0.0255. The van der Waals surface area contributed by atoms with E-state index >= 15 is 0 Å². The molecule has 6 rings (SSSR count). The smallest absolute Gasteiger partial charge is 0.157 e. The highest BCUT2D eigenvalue weighted by Gasteiger charge is 2.40. The Balaban J connectivity index is 1.47. The summed E-state index contributed by atoms with van der Waals surface area (Å²) in [4.78, 5) is 0. The maximum atomic E-state index is 11.1. The predicted octanol–water partition coefficient (Wildman–Crippen LogP) is 3.85. The zero-order chi connectivity index (χ0) is 30.7. The summed E-state index contributed by atoms with van der Waals surface area (Å²) in [7, 11) is 0. The molecule has 0 amide bonds. The number of phenols is 7. The quantitative estimate of drug-likeness (QED) is 0.156. The van der Waals surface area contributed by atoms with Crippen molar-refractivity contribution in [3.8, 4) is 51.7 Å². The van der Waals surface area contributed by atoms with Gasteiger partial charge in [-0.15, -0.1) is 0 Å². The maximum Gasteiger partial charge on any atom is 0.157 e. The van der Waals surface area contributed by atoms with Crippen LogP contribution in [-0.4, -0.2) is 58.2 Å². The molecule has 11 nitrogen and oxygen atoms in total. The van der Waals surface area contributed by atoms with Crippen LogP contribution in [0.15, 0.2) is 54.6 Å². The van der Waals surface area contributed by atoms with E-state index in [9.17, 15) is 46.0 Å². The first-order valence-corrected chi connectivity index (χ1v) is 13.6. The topological polar surface area (TPSA) is 201 Å². The molecule has 2 heterocycles. The number of rotatable bonds is 4. The van der Waals surface area contributed by atoms with E-state index in [-0.39, 0.29) is 81.1 Å². The van der Waals surface area contributed by atoms with Crippen LogP contribution in [0.3, 0.4) is 0 Å². The van der Waals surface area contributed by atoms with Gasteiger partial charge in [0.15, 0.2) is 11.5 Å². The summed E-state index contributed by atoms with van der Waals surface area (Å²) < 4.78 is 12.4. The SMILES string of the molecule is CC(c1c(O)cc(O)c2c1OC(c1ccc(O)cc1)C(O)C2)c1c(O)cc(O)c2c1OC(c1ccc(O)c(O)c1)C(O)C2. The van der Waals surface area contributed by atoms with Crippen molar-refractivity contribution >= 4 is 0 Å². The Morgan fingerprint density at radius 3 is 1.51 bits per heavy atom. The van der Waals surface area contributed by atoms with Crippen molar-refractivity contribution in [2.75, 3.05) is 0 Å². The van der Waals surface area contributed by atoms with Crippen LogP contribution in [0.2, 0.25) is 0 Å². The summed E-state index contributed by atoms with van der Waals surface area (Å²) in [6.07, 6.45) is -4.32. The number of hydrogen-bond donors (Lipinski definition) is 9. The van der Waals surface area contributed by atoms with Crippen LogP contribution in [0, 0.1) is 0 Å². The van der Waals surface area contributed by atoms with Gasteiger partial charge in [0.25, 0.3) is 0 Å². The Labute approximate surface area is 245 Å². The van der Waals surface area contributed by atoms with Gasteiger partial charge in [-0.2, -0.15) is 0 Å². The van der Waals surface area contributed by atoms with E-state index in [0.29, 0.717) is 11.1 Å². The number of aliphatic hydroxyl groups is 2. The maximum absolute atomic E-state index is 11.1. The predicted molar refractivity (Wildman–Crippen MR) is 151 cm³/mol. The van der Waals surface area contributed by atoms with Crippen molar-refractivity contribution in [3.63, 3.8) is 0 Å². The number of fused-ring (bicyclic) bond motifs is 2. The molecule has 4 aromatic rings. The Morgan fingerprint density at radius 2 is 1.02 bits per heavy atom. The third-order valence-corrected chi connectivity index (χ3v) is 8.19. The second kappa shape index (κ2) is 10.4. The van der Waals surface area contributed by atoms with E-state index in [1.807, 2.05) is 0 Å². The minimum atomic E-state index is -1.17. The average molecular weight is 591 g/mol. The molecule has 2 aliphatic rings. The van der Waals surface area contributed by atoms with Crippen LogP contribution in [0.25, 0.3) is 0 Å². The molecule has 5 unspecified atom stereocenters. The molecule has 0 aromatic heterocycles. The molecule has 9 N–H and O–H groups in total. The molecule has 224 valence electrons. The fraction of sp³-hybridized carbons (Fsp3) is 0.250. The minimum Gasteiger partial charge on any atom is -0.508 e. The molecule has 0 fully saturated rings. The number of benzene rings is 4. The summed E-state index contributed by atoms with van der Waals surface area (Å²) in [5.41, 5.74) is 1.63. The number of aromatic hydroxyl groups is 7. The van der Waals surface area contributed by atoms with Crippen molar-refractivity contribution in [2.45, 2.75) is 50.1 Å². The van der Waals surface area contributed by atoms with Crippen molar-refractivity contribution in [1.29, 1.82) is 0 Å². The molecule has 0 radical (unpaired) electrons. The molecule has 4 aromatic carbocycles. The first-order valence-electron chi connectivity index (χ1n) is 13.6. The lowest BCUT2D eigenvalue weighted by Crippen LogP contribution is -2.32. The molecule has 11 heteroatoms. The van der Waals surface area contributed by atoms with Crippen molar-refractivity contribution in [2.24, 2.45) is 0 Å². The molecule has 2 aliphatic heterocycles. The summed E-state index contributed by atoms with van der Waals surface area (Å²) >= 11 is 0. The van der Waals surface area contributed by atoms with Gasteiger partial charge in [0.1, 0.15) is 52.5 Å². The van der Waals surface area contributed by atoms with E-state index in [2.05, 4.69) is 0 Å². The van der Waals surface area contributed by atoms with Gasteiger partial charge in [-0.25, -0.2) is 0 Å². The van der Waals surface area contributed by atoms with E-state index in [4.69, 9.17) is 9.47 Å². The Kier molecular flexibility index (Phi) is 6.79. The standard InChI is InChI=1S/C32H30O11/c1-13(27-23(38)11-20(35)17-9-25(40)29(42-31(17)27)14-2-5-16(33)6-3-14)28-24(39)12-21(36)18-10-26(41)30(43-32(18)28)15-4-7-19(34)22(37)8-15/h2-8,11-13,25-26,29-30,33-41H,9-10H2,1H3. The molecule has 0 spiro atoms. The van der Waals surface area contributed by atoms with Gasteiger partial charge in [-0.1, -0.05) is 25.1 Å². The molecular formula is C32H30O11. The lowest BCUT2D eigenvalue weighted by molar-refractivity contribution is 0.0177. The molecular weight excluding hydrogens is 560 g/mol. The molecule has 0 bridgehead atoms. The van der Waals surface area contributed by atoms with Gasteiger partial charge in [-0.3, -0.25) is 0 Å². The number of phenolic OH excluding ortho intramolecular Hbond substituents is 7. The second-order valence-corrected chi connectivity index (χ2v) is 11.0. The fourth-order valence-corrected chi connectivity index (χ4v) is 6.03. The highest BCUT2D eigenvalue weighted by Crippen LogP contribution is 2.54. The van der Waals surface area contributed by atoms with Gasteiger partial charge in [0.05, 0.1) is 12.2 Å². The van der Waals surface area contributed by atoms with E-state index in [1.54, 1.807) is 19.1 Å². The third-order valence-electron chi connectivity index (χ3n) is 8.19. The van der Waals surface area contributed by atoms with Crippen LogP contribution in [-0.2, 0) is 12.8 Å². The second-order valence-electron chi connectivity index (χ2n) is 11.0. The van der Waals surface area contributed by atoms with Gasteiger partial charge < -0.3 is 55.4 Å². The average Bonchev–Trinajstić information content (AvgIpc) is 2.95. The molecule has 43 heavy (non-hydrogen) atoms. The zero-order valence-electron chi connectivity index (χ0n) is 22.8. The first-order chi connectivity index (χ1) is 20.4. The Hall–Kier alpha value is -5.00. The highest BCUT2D eigenvalue weighted by atomic mass is 16.5. The Morgan fingerprint density at radius 1 is 0.558 bits per heavy atom. The van der Waals surface area contributed by atoms with Crippen LogP contribution < -0.4 is 9.47 Å². The molecule has 0 saturated carbocycles. The summed E-state index contributed by atoms with van der Waals surface area (Å²) in [6, 6.07) is 12.2. The summed E-state index contributed by atoms with van der Waals surface area (Å²) in [5, 5.41) is 94.9. The van der Waals surface area contributed by atoms with Crippen LogP contribution in [0.4, 0.5) is 0 Å². The molecule has 0 aliphatic carbocycles. The van der Waals surface area contributed by atoms with Gasteiger partial charge in [0, 0.05) is 53.1 Å². The van der Waals surface area contributed by atoms with E-state index in [1.165, 1.54) is 30.3 Å². The largest absolute Gasteiger partial charge is 0.508 e. The lowest BCUT2D eigenvalue weighted by atomic mass is 9.83.